The van der Waals surface area contributed by atoms with Crippen LogP contribution in [0.25, 0.3) is 0 Å². The standard InChI is InChI=1S/C11H17NO5/c1-4-17-9(13)5-6-12-10(14)7(2)8(3)11(15)16/h4-6H2,1-3H3,(H,12,14)(H,15,16). The monoisotopic (exact) mass is 243 g/mol. The minimum absolute atomic E-state index is 0.0152. The van der Waals surface area contributed by atoms with Crippen LogP contribution in [0, 0.1) is 0 Å². The Morgan fingerprint density at radius 2 is 1.76 bits per heavy atom. The molecular weight excluding hydrogens is 226 g/mol. The van der Waals surface area contributed by atoms with Crippen molar-refractivity contribution in [2.45, 2.75) is 27.2 Å². The molecule has 6 heteroatoms. The van der Waals surface area contributed by atoms with E-state index in [1.54, 1.807) is 6.92 Å². The van der Waals surface area contributed by atoms with Gasteiger partial charge in [-0.05, 0) is 20.8 Å². The van der Waals surface area contributed by atoms with Crippen molar-refractivity contribution in [3.63, 3.8) is 0 Å². The summed E-state index contributed by atoms with van der Waals surface area (Å²) < 4.78 is 4.67. The maximum absolute atomic E-state index is 11.4. The number of ether oxygens (including phenoxy) is 1. The first kappa shape index (κ1) is 15.2. The van der Waals surface area contributed by atoms with Crippen molar-refractivity contribution in [2.24, 2.45) is 0 Å². The number of carbonyl (C=O) groups is 3. The summed E-state index contributed by atoms with van der Waals surface area (Å²) in [6.07, 6.45) is 0.0684. The van der Waals surface area contributed by atoms with Crippen LogP contribution in [0.5, 0.6) is 0 Å². The average Bonchev–Trinajstić information content (AvgIpc) is 2.27. The molecule has 6 nitrogen and oxygen atoms in total. The summed E-state index contributed by atoms with van der Waals surface area (Å²) in [4.78, 5) is 33.0. The van der Waals surface area contributed by atoms with E-state index in [4.69, 9.17) is 5.11 Å². The van der Waals surface area contributed by atoms with Crippen molar-refractivity contribution in [3.05, 3.63) is 11.1 Å². The Labute approximate surface area is 99.6 Å². The van der Waals surface area contributed by atoms with Crippen LogP contribution in [0.2, 0.25) is 0 Å². The molecule has 0 bridgehead atoms. The summed E-state index contributed by atoms with van der Waals surface area (Å²) in [5, 5.41) is 11.1. The molecule has 0 aromatic heterocycles. The van der Waals surface area contributed by atoms with E-state index in [1.807, 2.05) is 0 Å². The molecule has 0 atom stereocenters. The van der Waals surface area contributed by atoms with Crippen molar-refractivity contribution < 1.29 is 24.2 Å². The maximum Gasteiger partial charge on any atom is 0.331 e. The summed E-state index contributed by atoms with van der Waals surface area (Å²) in [7, 11) is 0. The van der Waals surface area contributed by atoms with Gasteiger partial charge in [0, 0.05) is 17.7 Å². The lowest BCUT2D eigenvalue weighted by molar-refractivity contribution is -0.143. The molecule has 0 radical (unpaired) electrons. The van der Waals surface area contributed by atoms with Crippen molar-refractivity contribution >= 4 is 17.8 Å². The van der Waals surface area contributed by atoms with Gasteiger partial charge in [-0.25, -0.2) is 4.79 Å². The highest BCUT2D eigenvalue weighted by molar-refractivity contribution is 6.01. The molecule has 17 heavy (non-hydrogen) atoms. The minimum atomic E-state index is -1.14. The van der Waals surface area contributed by atoms with Crippen LogP contribution in [0.4, 0.5) is 0 Å². The highest BCUT2D eigenvalue weighted by Crippen LogP contribution is 2.03. The number of aliphatic carboxylic acids is 1. The number of carboxylic acids is 1. The van der Waals surface area contributed by atoms with Gasteiger partial charge in [0.25, 0.3) is 0 Å². The van der Waals surface area contributed by atoms with Crippen molar-refractivity contribution in [1.29, 1.82) is 0 Å². The molecule has 0 aromatic carbocycles. The lowest BCUT2D eigenvalue weighted by Crippen LogP contribution is -2.28. The van der Waals surface area contributed by atoms with Crippen molar-refractivity contribution in [3.8, 4) is 0 Å². The third-order valence-corrected chi connectivity index (χ3v) is 2.14. The molecule has 0 heterocycles. The zero-order chi connectivity index (χ0) is 13.4. The molecule has 0 fully saturated rings. The van der Waals surface area contributed by atoms with Gasteiger partial charge in [-0.3, -0.25) is 9.59 Å². The van der Waals surface area contributed by atoms with E-state index in [1.165, 1.54) is 13.8 Å². The smallest absolute Gasteiger partial charge is 0.331 e. The summed E-state index contributed by atoms with van der Waals surface area (Å²) in [6, 6.07) is 0. The highest BCUT2D eigenvalue weighted by atomic mass is 16.5. The second-order valence-electron chi connectivity index (χ2n) is 3.37. The number of amides is 1. The van der Waals surface area contributed by atoms with Crippen LogP contribution in [0.3, 0.4) is 0 Å². The Kier molecular flexibility index (Phi) is 6.62. The van der Waals surface area contributed by atoms with Crippen LogP contribution in [-0.2, 0) is 19.1 Å². The number of nitrogens with one attached hydrogen (secondary N) is 1. The lowest BCUT2D eigenvalue weighted by atomic mass is 10.1. The van der Waals surface area contributed by atoms with Gasteiger partial charge in [0.2, 0.25) is 5.91 Å². The van der Waals surface area contributed by atoms with E-state index in [0.717, 1.165) is 0 Å². The van der Waals surface area contributed by atoms with E-state index < -0.39 is 17.8 Å². The molecule has 2 N–H and O–H groups in total. The van der Waals surface area contributed by atoms with Gasteiger partial charge in [0.05, 0.1) is 13.0 Å². The van der Waals surface area contributed by atoms with E-state index >= 15 is 0 Å². The molecule has 0 aliphatic rings. The zero-order valence-electron chi connectivity index (χ0n) is 10.2. The van der Waals surface area contributed by atoms with Crippen LogP contribution >= 0.6 is 0 Å². The first-order valence-electron chi connectivity index (χ1n) is 5.24. The molecule has 0 unspecified atom stereocenters. The van der Waals surface area contributed by atoms with Crippen LogP contribution < -0.4 is 5.32 Å². The Morgan fingerprint density at radius 1 is 1.18 bits per heavy atom. The molecule has 0 aliphatic heterocycles. The molecule has 0 saturated carbocycles. The third-order valence-electron chi connectivity index (χ3n) is 2.14. The minimum Gasteiger partial charge on any atom is -0.478 e. The maximum atomic E-state index is 11.4. The van der Waals surface area contributed by atoms with Crippen LogP contribution in [0.1, 0.15) is 27.2 Å². The zero-order valence-corrected chi connectivity index (χ0v) is 10.2. The number of carbonyl (C=O) groups excluding carboxylic acids is 2. The Hall–Kier alpha value is -1.85. The molecule has 0 saturated heterocycles. The Bertz CT molecular complexity index is 346. The Morgan fingerprint density at radius 3 is 2.24 bits per heavy atom. The second-order valence-corrected chi connectivity index (χ2v) is 3.37. The van der Waals surface area contributed by atoms with E-state index in [0.29, 0.717) is 6.61 Å². The highest BCUT2D eigenvalue weighted by Gasteiger charge is 2.12. The van der Waals surface area contributed by atoms with E-state index in [2.05, 4.69) is 10.1 Å². The second kappa shape index (κ2) is 7.43. The van der Waals surface area contributed by atoms with E-state index in [9.17, 15) is 14.4 Å². The summed E-state index contributed by atoms with van der Waals surface area (Å²) in [5.74, 6) is -2.03. The molecule has 0 rings (SSSR count). The van der Waals surface area contributed by atoms with Gasteiger partial charge in [-0.15, -0.1) is 0 Å². The summed E-state index contributed by atoms with van der Waals surface area (Å²) in [5.41, 5.74) is 0.111. The number of hydrogen-bond donors (Lipinski definition) is 2. The van der Waals surface area contributed by atoms with Gasteiger partial charge in [0.15, 0.2) is 0 Å². The molecule has 0 aliphatic carbocycles. The fourth-order valence-electron chi connectivity index (χ4n) is 0.975. The third kappa shape index (κ3) is 5.70. The lowest BCUT2D eigenvalue weighted by Gasteiger charge is -2.06. The van der Waals surface area contributed by atoms with Gasteiger partial charge in [0.1, 0.15) is 0 Å². The molecule has 1 amide bonds. The SMILES string of the molecule is CCOC(=O)CCNC(=O)C(C)=C(C)C(=O)O. The van der Waals surface area contributed by atoms with Crippen LogP contribution in [-0.4, -0.2) is 36.1 Å². The normalized spacial score (nSPS) is 11.5. The van der Waals surface area contributed by atoms with Crippen LogP contribution in [0.15, 0.2) is 11.1 Å². The van der Waals surface area contributed by atoms with Gasteiger partial charge < -0.3 is 15.2 Å². The predicted molar refractivity (Wildman–Crippen MR) is 60.3 cm³/mol. The number of rotatable bonds is 6. The molecule has 96 valence electrons. The molecule has 0 spiro atoms. The Balaban J connectivity index is 4.16. The number of esters is 1. The molecular formula is C11H17NO5. The van der Waals surface area contributed by atoms with Crippen molar-refractivity contribution in [1.82, 2.24) is 5.32 Å². The van der Waals surface area contributed by atoms with Gasteiger partial charge >= 0.3 is 11.9 Å². The largest absolute Gasteiger partial charge is 0.478 e. The first-order chi connectivity index (χ1) is 7.90. The number of hydrogen-bond acceptors (Lipinski definition) is 4. The van der Waals surface area contributed by atoms with E-state index in [-0.39, 0.29) is 24.1 Å². The average molecular weight is 243 g/mol. The summed E-state index contributed by atoms with van der Waals surface area (Å²) >= 11 is 0. The fourth-order valence-corrected chi connectivity index (χ4v) is 0.975. The fraction of sp³-hybridized carbons (Fsp3) is 0.545. The predicted octanol–water partition coefficient (Wildman–Crippen LogP) is 0.477. The topological polar surface area (TPSA) is 92.7 Å². The quantitative estimate of drug-likeness (QED) is 0.522. The van der Waals surface area contributed by atoms with Crippen molar-refractivity contribution in [2.75, 3.05) is 13.2 Å². The number of carboxylic acid groups (broad SMARTS) is 1. The summed E-state index contributed by atoms with van der Waals surface area (Å²) in [6.45, 7) is 4.89. The first-order valence-corrected chi connectivity index (χ1v) is 5.24. The van der Waals surface area contributed by atoms with Gasteiger partial charge in [-0.2, -0.15) is 0 Å². The molecule has 0 aromatic rings. The van der Waals surface area contributed by atoms with Gasteiger partial charge in [-0.1, -0.05) is 0 Å².